The summed E-state index contributed by atoms with van der Waals surface area (Å²) >= 11 is 6.38. The summed E-state index contributed by atoms with van der Waals surface area (Å²) in [6.07, 6.45) is 14.6. The van der Waals surface area contributed by atoms with Gasteiger partial charge in [0.25, 0.3) is 0 Å². The van der Waals surface area contributed by atoms with E-state index < -0.39 is 0 Å². The van der Waals surface area contributed by atoms with Gasteiger partial charge in [-0.25, -0.2) is 0 Å². The van der Waals surface area contributed by atoms with Gasteiger partial charge in [-0.05, 0) is 74.5 Å². The molecule has 0 aromatic rings. The van der Waals surface area contributed by atoms with E-state index >= 15 is 0 Å². The molecule has 0 aromatic heterocycles. The Morgan fingerprint density at radius 2 is 1.50 bits per heavy atom. The molecule has 0 nitrogen and oxygen atoms in total. The average molecular weight is 269 g/mol. The zero-order chi connectivity index (χ0) is 12.5. The Balaban J connectivity index is 1.63. The molecule has 3 rings (SSSR count). The largest absolute Gasteiger partial charge is 0.123 e. The highest BCUT2D eigenvalue weighted by atomic mass is 35.5. The zero-order valence-corrected chi connectivity index (χ0v) is 12.7. The Bertz CT molecular complexity index is 275. The molecule has 6 atom stereocenters. The molecule has 0 N–H and O–H groups in total. The number of rotatable bonds is 2. The highest BCUT2D eigenvalue weighted by Gasteiger charge is 2.43. The van der Waals surface area contributed by atoms with Crippen molar-refractivity contribution in [1.82, 2.24) is 0 Å². The summed E-state index contributed by atoms with van der Waals surface area (Å²) in [6.45, 7) is 2.35. The molecular weight excluding hydrogens is 240 g/mol. The number of hydrogen-bond acceptors (Lipinski definition) is 0. The third kappa shape index (κ3) is 2.60. The fourth-order valence-corrected chi connectivity index (χ4v) is 5.86. The van der Waals surface area contributed by atoms with Crippen molar-refractivity contribution >= 4 is 11.6 Å². The maximum atomic E-state index is 6.38. The third-order valence-corrected chi connectivity index (χ3v) is 6.68. The summed E-state index contributed by atoms with van der Waals surface area (Å²) in [5.74, 6) is 5.29. The van der Waals surface area contributed by atoms with Crippen molar-refractivity contribution in [3.05, 3.63) is 0 Å². The molecule has 3 aliphatic rings. The maximum absolute atomic E-state index is 6.38. The van der Waals surface area contributed by atoms with E-state index in [1.165, 1.54) is 51.4 Å². The molecule has 3 saturated carbocycles. The monoisotopic (exact) mass is 268 g/mol. The summed E-state index contributed by atoms with van der Waals surface area (Å²) in [5.41, 5.74) is 0. The third-order valence-electron chi connectivity index (χ3n) is 6.28. The number of fused-ring (bicyclic) bond motifs is 3. The smallest absolute Gasteiger partial charge is 0.0338 e. The molecule has 18 heavy (non-hydrogen) atoms. The molecule has 0 aliphatic heterocycles. The molecule has 0 spiro atoms. The molecule has 0 aromatic carbocycles. The van der Waals surface area contributed by atoms with Crippen LogP contribution in [0.5, 0.6) is 0 Å². The summed E-state index contributed by atoms with van der Waals surface area (Å²) in [5, 5.41) is 0.499. The summed E-state index contributed by atoms with van der Waals surface area (Å²) in [7, 11) is 0. The van der Waals surface area contributed by atoms with Crippen molar-refractivity contribution < 1.29 is 0 Å². The van der Waals surface area contributed by atoms with E-state index in [4.69, 9.17) is 11.6 Å². The number of halogens is 1. The SMILES string of the molecule is CCCC1CCC2C(CCC3CC(Cl)CCC32)C1. The second kappa shape index (κ2) is 5.73. The standard InChI is InChI=1S/C17H29Cl/c1-2-3-12-4-8-16-13(10-12)5-6-14-11-15(18)7-9-17(14)16/h12-17H,2-11H2,1H3. The number of alkyl halides is 1. The van der Waals surface area contributed by atoms with Crippen molar-refractivity contribution in [2.75, 3.05) is 0 Å². The quantitative estimate of drug-likeness (QED) is 0.569. The van der Waals surface area contributed by atoms with E-state index in [1.54, 1.807) is 12.8 Å². The molecule has 0 saturated heterocycles. The van der Waals surface area contributed by atoms with Gasteiger partial charge in [0.15, 0.2) is 0 Å². The second-order valence-electron chi connectivity index (χ2n) is 7.30. The Labute approximate surface area is 118 Å². The summed E-state index contributed by atoms with van der Waals surface area (Å²) < 4.78 is 0. The van der Waals surface area contributed by atoms with Gasteiger partial charge in [0.2, 0.25) is 0 Å². The van der Waals surface area contributed by atoms with E-state index in [2.05, 4.69) is 6.92 Å². The van der Waals surface area contributed by atoms with Gasteiger partial charge >= 0.3 is 0 Å². The van der Waals surface area contributed by atoms with Gasteiger partial charge < -0.3 is 0 Å². The average Bonchev–Trinajstić information content (AvgIpc) is 2.38. The lowest BCUT2D eigenvalue weighted by Gasteiger charge is -2.50. The molecule has 6 unspecified atom stereocenters. The fourth-order valence-electron chi connectivity index (χ4n) is 5.50. The van der Waals surface area contributed by atoms with Crippen LogP contribution in [0.1, 0.15) is 71.1 Å². The lowest BCUT2D eigenvalue weighted by molar-refractivity contribution is 0.0113. The van der Waals surface area contributed by atoms with E-state index in [0.29, 0.717) is 5.38 Å². The van der Waals surface area contributed by atoms with E-state index in [-0.39, 0.29) is 0 Å². The van der Waals surface area contributed by atoms with Gasteiger partial charge in [0.05, 0.1) is 0 Å². The molecule has 1 heteroatoms. The Hall–Kier alpha value is 0.290. The predicted octanol–water partition coefficient (Wildman–Crippen LogP) is 5.64. The van der Waals surface area contributed by atoms with Crippen LogP contribution < -0.4 is 0 Å². The van der Waals surface area contributed by atoms with Gasteiger partial charge in [-0.15, -0.1) is 11.6 Å². The maximum Gasteiger partial charge on any atom is 0.0338 e. The summed E-state index contributed by atoms with van der Waals surface area (Å²) in [4.78, 5) is 0. The first-order valence-electron chi connectivity index (χ1n) is 8.42. The molecule has 0 radical (unpaired) electrons. The van der Waals surface area contributed by atoms with Crippen LogP contribution in [0.4, 0.5) is 0 Å². The first kappa shape index (κ1) is 13.3. The molecule has 104 valence electrons. The second-order valence-corrected chi connectivity index (χ2v) is 7.92. The van der Waals surface area contributed by atoms with Gasteiger partial charge in [-0.1, -0.05) is 26.2 Å². The minimum atomic E-state index is 0.499. The van der Waals surface area contributed by atoms with Gasteiger partial charge in [-0.2, -0.15) is 0 Å². The summed E-state index contributed by atoms with van der Waals surface area (Å²) in [6, 6.07) is 0. The minimum Gasteiger partial charge on any atom is -0.123 e. The van der Waals surface area contributed by atoms with E-state index in [1.807, 2.05) is 0 Å². The number of hydrogen-bond donors (Lipinski definition) is 0. The van der Waals surface area contributed by atoms with Crippen LogP contribution in [0.3, 0.4) is 0 Å². The Morgan fingerprint density at radius 3 is 2.22 bits per heavy atom. The van der Waals surface area contributed by atoms with Crippen LogP contribution in [0, 0.1) is 29.6 Å². The van der Waals surface area contributed by atoms with Crippen LogP contribution in [0.2, 0.25) is 0 Å². The lowest BCUT2D eigenvalue weighted by Crippen LogP contribution is -2.41. The van der Waals surface area contributed by atoms with Gasteiger partial charge in [0.1, 0.15) is 0 Å². The Morgan fingerprint density at radius 1 is 0.833 bits per heavy atom. The predicted molar refractivity (Wildman–Crippen MR) is 78.9 cm³/mol. The van der Waals surface area contributed by atoms with Gasteiger partial charge in [0, 0.05) is 5.38 Å². The van der Waals surface area contributed by atoms with Crippen LogP contribution in [-0.4, -0.2) is 5.38 Å². The van der Waals surface area contributed by atoms with Crippen molar-refractivity contribution in [3.8, 4) is 0 Å². The molecule has 0 heterocycles. The molecule has 3 aliphatic carbocycles. The Kier molecular flexibility index (Phi) is 4.23. The van der Waals surface area contributed by atoms with Crippen LogP contribution in [0.25, 0.3) is 0 Å². The lowest BCUT2D eigenvalue weighted by atomic mass is 9.56. The normalized spacial score (nSPS) is 48.3. The van der Waals surface area contributed by atoms with Crippen molar-refractivity contribution in [2.45, 2.75) is 76.5 Å². The van der Waals surface area contributed by atoms with Crippen LogP contribution in [0.15, 0.2) is 0 Å². The highest BCUT2D eigenvalue weighted by molar-refractivity contribution is 6.20. The molecular formula is C17H29Cl. The molecule has 0 amide bonds. The molecule has 3 fully saturated rings. The van der Waals surface area contributed by atoms with Crippen molar-refractivity contribution in [3.63, 3.8) is 0 Å². The van der Waals surface area contributed by atoms with Gasteiger partial charge in [-0.3, -0.25) is 0 Å². The fraction of sp³-hybridized carbons (Fsp3) is 1.00. The minimum absolute atomic E-state index is 0.499. The highest BCUT2D eigenvalue weighted by Crippen LogP contribution is 2.53. The van der Waals surface area contributed by atoms with Crippen molar-refractivity contribution in [1.29, 1.82) is 0 Å². The first-order valence-corrected chi connectivity index (χ1v) is 8.85. The zero-order valence-electron chi connectivity index (χ0n) is 11.9. The topological polar surface area (TPSA) is 0 Å². The van der Waals surface area contributed by atoms with Crippen LogP contribution in [-0.2, 0) is 0 Å². The molecule has 0 bridgehead atoms. The van der Waals surface area contributed by atoms with Crippen molar-refractivity contribution in [2.24, 2.45) is 29.6 Å². The van der Waals surface area contributed by atoms with E-state index in [0.717, 1.165) is 29.6 Å². The van der Waals surface area contributed by atoms with Crippen LogP contribution >= 0.6 is 11.6 Å². The van der Waals surface area contributed by atoms with E-state index in [9.17, 15) is 0 Å². The first-order chi connectivity index (χ1) is 8.78.